The number of nitrogens with one attached hydrogen (secondary N) is 1. The Kier molecular flexibility index (Phi) is 8.92. The number of thiazole rings is 1. The number of nitrogens with zero attached hydrogens (tertiary/aromatic N) is 5. The van der Waals surface area contributed by atoms with Crippen LogP contribution in [0.5, 0.6) is 5.75 Å². The van der Waals surface area contributed by atoms with Crippen LogP contribution in [0.1, 0.15) is 46.6 Å². The molecule has 42 heavy (non-hydrogen) atoms. The number of hydrogen-bond donors (Lipinski definition) is 2. The molecule has 0 aliphatic carbocycles. The summed E-state index contributed by atoms with van der Waals surface area (Å²) in [6.45, 7) is 0.622. The number of carbonyl (C=O) groups excluding carboxylic acids is 1. The highest BCUT2D eigenvalue weighted by atomic mass is 32.1. The average molecular weight is 605 g/mol. The van der Waals surface area contributed by atoms with E-state index < -0.39 is 24.5 Å². The lowest BCUT2D eigenvalue weighted by Crippen LogP contribution is -2.41. The zero-order valence-electron chi connectivity index (χ0n) is 23.0. The maximum Gasteiger partial charge on any atom is 0.306 e. The molecule has 3 aromatic rings. The number of aliphatic carboxylic acids is 1. The number of likely N-dealkylation sites (tertiary alicyclic amines) is 1. The Hall–Kier alpha value is -3.78. The fourth-order valence-electron chi connectivity index (χ4n) is 5.27. The van der Waals surface area contributed by atoms with Crippen molar-refractivity contribution in [3.8, 4) is 17.0 Å². The van der Waals surface area contributed by atoms with Gasteiger partial charge in [0.1, 0.15) is 23.9 Å². The largest absolute Gasteiger partial charge is 0.496 e. The van der Waals surface area contributed by atoms with Crippen molar-refractivity contribution in [2.75, 3.05) is 43.5 Å². The van der Waals surface area contributed by atoms with Crippen molar-refractivity contribution in [1.29, 1.82) is 0 Å². The molecule has 2 aliphatic rings. The molecule has 0 bridgehead atoms. The van der Waals surface area contributed by atoms with Gasteiger partial charge in [-0.05, 0) is 44.0 Å². The second kappa shape index (κ2) is 12.6. The van der Waals surface area contributed by atoms with Crippen molar-refractivity contribution in [2.45, 2.75) is 44.8 Å². The van der Waals surface area contributed by atoms with E-state index >= 15 is 0 Å². The van der Waals surface area contributed by atoms with Crippen LogP contribution in [0.2, 0.25) is 0 Å². The summed E-state index contributed by atoms with van der Waals surface area (Å²) in [6, 6.07) is 4.95. The zero-order chi connectivity index (χ0) is 29.9. The molecule has 14 heteroatoms. The lowest BCUT2D eigenvalue weighted by Gasteiger charge is -2.32. The molecule has 2 aromatic heterocycles. The number of carboxylic acids is 1. The van der Waals surface area contributed by atoms with Gasteiger partial charge < -0.3 is 14.7 Å². The first kappa shape index (κ1) is 29.7. The first-order valence-corrected chi connectivity index (χ1v) is 14.4. The highest BCUT2D eigenvalue weighted by Crippen LogP contribution is 2.36. The molecule has 10 nitrogen and oxygen atoms in total. The third kappa shape index (κ3) is 6.81. The third-order valence-electron chi connectivity index (χ3n) is 7.49. The Morgan fingerprint density at radius 2 is 1.98 bits per heavy atom. The average Bonchev–Trinajstić information content (AvgIpc) is 3.37. The van der Waals surface area contributed by atoms with Crippen LogP contribution in [0.15, 0.2) is 30.6 Å². The lowest BCUT2D eigenvalue weighted by molar-refractivity contribution is -0.142. The Bertz CT molecular complexity index is 1430. The number of piperidine rings is 2. The van der Waals surface area contributed by atoms with E-state index in [2.05, 4.69) is 20.3 Å². The van der Waals surface area contributed by atoms with Crippen molar-refractivity contribution in [2.24, 2.45) is 5.92 Å². The normalized spacial score (nSPS) is 17.7. The zero-order valence-corrected chi connectivity index (χ0v) is 23.8. The Morgan fingerprint density at radius 1 is 1.19 bits per heavy atom. The van der Waals surface area contributed by atoms with Crippen LogP contribution in [0.4, 0.5) is 24.1 Å². The Balaban J connectivity index is 1.34. The molecule has 1 amide bonds. The molecule has 2 fully saturated rings. The minimum Gasteiger partial charge on any atom is -0.496 e. The number of carbonyl (C=O) groups is 2. The van der Waals surface area contributed by atoms with Gasteiger partial charge in [0.05, 0.1) is 37.7 Å². The highest BCUT2D eigenvalue weighted by Gasteiger charge is 2.35. The van der Waals surface area contributed by atoms with Gasteiger partial charge in [0.15, 0.2) is 5.13 Å². The number of aromatic nitrogens is 3. The number of methoxy groups -OCH3 is 1. The van der Waals surface area contributed by atoms with Gasteiger partial charge in [-0.1, -0.05) is 11.3 Å². The van der Waals surface area contributed by atoms with Gasteiger partial charge in [0.25, 0.3) is 11.8 Å². The molecule has 0 saturated carbocycles. The number of anilines is 2. The molecule has 5 rings (SSSR count). The number of benzene rings is 1. The first-order valence-electron chi connectivity index (χ1n) is 13.6. The first-order chi connectivity index (χ1) is 20.2. The number of rotatable bonds is 9. The van der Waals surface area contributed by atoms with Gasteiger partial charge in [-0.2, -0.15) is 0 Å². The molecular weight excluding hydrogens is 573 g/mol. The van der Waals surface area contributed by atoms with Gasteiger partial charge in [-0.3, -0.25) is 19.8 Å². The smallest absolute Gasteiger partial charge is 0.306 e. The van der Waals surface area contributed by atoms with E-state index in [4.69, 9.17) is 4.74 Å². The number of halogens is 3. The SMILES string of the molecule is COc1ccc(-c2nc(NC(=O)c3cnc(N4CCC(C(=O)O)CC4)cn3)sc2CN2CCCC(F)(F)C2)cc1CF. The molecule has 2 aliphatic heterocycles. The van der Waals surface area contributed by atoms with E-state index in [-0.39, 0.29) is 36.3 Å². The van der Waals surface area contributed by atoms with E-state index in [0.717, 1.165) is 11.3 Å². The van der Waals surface area contributed by atoms with Crippen LogP contribution in [-0.4, -0.2) is 76.0 Å². The van der Waals surface area contributed by atoms with Crippen LogP contribution >= 0.6 is 11.3 Å². The van der Waals surface area contributed by atoms with Crippen LogP contribution in [0.3, 0.4) is 0 Å². The lowest BCUT2D eigenvalue weighted by atomic mass is 9.97. The summed E-state index contributed by atoms with van der Waals surface area (Å²) in [5.41, 5.74) is 1.42. The highest BCUT2D eigenvalue weighted by molar-refractivity contribution is 7.16. The molecular formula is C28H31F3N6O4S. The van der Waals surface area contributed by atoms with Gasteiger partial charge in [0.2, 0.25) is 0 Å². The molecule has 0 spiro atoms. The van der Waals surface area contributed by atoms with Crippen LogP contribution < -0.4 is 15.0 Å². The van der Waals surface area contributed by atoms with E-state index in [1.54, 1.807) is 23.1 Å². The van der Waals surface area contributed by atoms with E-state index in [1.165, 1.54) is 19.5 Å². The van der Waals surface area contributed by atoms with Gasteiger partial charge >= 0.3 is 5.97 Å². The Labute approximate surface area is 244 Å². The second-order valence-corrected chi connectivity index (χ2v) is 11.5. The predicted molar refractivity (Wildman–Crippen MR) is 151 cm³/mol. The monoisotopic (exact) mass is 604 g/mol. The molecule has 1 aromatic carbocycles. The minimum atomic E-state index is -2.78. The molecule has 224 valence electrons. The van der Waals surface area contributed by atoms with Crippen LogP contribution in [-0.2, 0) is 18.0 Å². The van der Waals surface area contributed by atoms with Gasteiger partial charge in [-0.15, -0.1) is 0 Å². The topological polar surface area (TPSA) is 121 Å². The van der Waals surface area contributed by atoms with Crippen molar-refractivity contribution in [3.63, 3.8) is 0 Å². The van der Waals surface area contributed by atoms with Crippen molar-refractivity contribution < 1.29 is 32.6 Å². The summed E-state index contributed by atoms with van der Waals surface area (Å²) in [5, 5.41) is 12.2. The van der Waals surface area contributed by atoms with E-state index in [1.807, 2.05) is 4.90 Å². The summed E-state index contributed by atoms with van der Waals surface area (Å²) >= 11 is 1.16. The quantitative estimate of drug-likeness (QED) is 0.353. The van der Waals surface area contributed by atoms with Crippen LogP contribution in [0.25, 0.3) is 11.3 Å². The van der Waals surface area contributed by atoms with E-state index in [9.17, 15) is 27.9 Å². The number of carboxylic acid groups (broad SMARTS) is 1. The third-order valence-corrected chi connectivity index (χ3v) is 8.45. The summed E-state index contributed by atoms with van der Waals surface area (Å²) < 4.78 is 47.2. The molecule has 0 unspecified atom stereocenters. The number of ether oxygens (including phenoxy) is 1. The number of hydrogen-bond acceptors (Lipinski definition) is 9. The van der Waals surface area contributed by atoms with E-state index in [0.29, 0.717) is 72.2 Å². The van der Waals surface area contributed by atoms with Gasteiger partial charge in [-0.25, -0.2) is 28.1 Å². The number of amides is 1. The maximum absolute atomic E-state index is 14.1. The fraction of sp³-hybridized carbons (Fsp3) is 0.464. The molecule has 4 heterocycles. The van der Waals surface area contributed by atoms with Crippen molar-refractivity contribution in [1.82, 2.24) is 19.9 Å². The molecule has 2 N–H and O–H groups in total. The second-order valence-electron chi connectivity index (χ2n) is 10.4. The van der Waals surface area contributed by atoms with Crippen molar-refractivity contribution in [3.05, 3.63) is 46.7 Å². The predicted octanol–water partition coefficient (Wildman–Crippen LogP) is 4.86. The van der Waals surface area contributed by atoms with Crippen LogP contribution in [0, 0.1) is 5.92 Å². The summed E-state index contributed by atoms with van der Waals surface area (Å²) in [5.74, 6) is -3.57. The van der Waals surface area contributed by atoms with Crippen molar-refractivity contribution >= 4 is 34.2 Å². The fourth-order valence-corrected chi connectivity index (χ4v) is 6.29. The molecule has 0 radical (unpaired) electrons. The number of alkyl halides is 3. The summed E-state index contributed by atoms with van der Waals surface area (Å²) in [4.78, 5) is 41.7. The Morgan fingerprint density at radius 3 is 2.62 bits per heavy atom. The summed E-state index contributed by atoms with van der Waals surface area (Å²) in [7, 11) is 1.45. The minimum absolute atomic E-state index is 0.0531. The standard InChI is InChI=1S/C28H31F3N6O4S/c1-41-21-4-3-18(11-19(21)12-29)24-22(15-36-8-2-7-28(30,31)16-36)42-27(34-24)35-25(38)20-13-33-23(14-32-20)37-9-5-17(6-10-37)26(39)40/h3-4,11,13-14,17H,2,5-10,12,15-16H2,1H3,(H,39,40)(H,34,35,38). The molecule has 0 atom stereocenters. The molecule has 2 saturated heterocycles. The van der Waals surface area contributed by atoms with Gasteiger partial charge in [0, 0.05) is 42.1 Å². The maximum atomic E-state index is 14.1. The summed E-state index contributed by atoms with van der Waals surface area (Å²) in [6.07, 6.45) is 4.04.